The minimum atomic E-state index is 0.112. The van der Waals surface area contributed by atoms with Gasteiger partial charge in [-0.25, -0.2) is 0 Å². The van der Waals surface area contributed by atoms with E-state index in [1.807, 2.05) is 18.9 Å². The molecular weight excluding hydrogens is 292 g/mol. The molecule has 1 aromatic rings. The Morgan fingerprint density at radius 1 is 1.09 bits per heavy atom. The van der Waals surface area contributed by atoms with Crippen LogP contribution in [0.25, 0.3) is 0 Å². The number of phenols is 2. The first-order valence-corrected chi connectivity index (χ1v) is 8.41. The van der Waals surface area contributed by atoms with Crippen LogP contribution >= 0.6 is 0 Å². The molecule has 1 fully saturated rings. The van der Waals surface area contributed by atoms with Crippen LogP contribution < -0.4 is 0 Å². The number of aromatic hydroxyl groups is 2. The molecule has 1 heterocycles. The van der Waals surface area contributed by atoms with Crippen LogP contribution in [0.2, 0.25) is 0 Å². The van der Waals surface area contributed by atoms with E-state index in [0.29, 0.717) is 24.5 Å². The van der Waals surface area contributed by atoms with E-state index >= 15 is 0 Å². The lowest BCUT2D eigenvalue weighted by molar-refractivity contribution is 0.0397. The molecule has 5 nitrogen and oxygen atoms in total. The molecule has 1 aliphatic heterocycles. The molecule has 2 atom stereocenters. The number of morpholine rings is 1. The summed E-state index contributed by atoms with van der Waals surface area (Å²) in [5.74, 6) is 1.26. The molecule has 23 heavy (non-hydrogen) atoms. The Kier molecular flexibility index (Phi) is 4.23. The van der Waals surface area contributed by atoms with E-state index in [9.17, 15) is 10.2 Å². The predicted octanol–water partition coefficient (Wildman–Crippen LogP) is 3.11. The van der Waals surface area contributed by atoms with Crippen molar-refractivity contribution in [2.24, 2.45) is 5.10 Å². The van der Waals surface area contributed by atoms with Crippen LogP contribution in [0.4, 0.5) is 0 Å². The summed E-state index contributed by atoms with van der Waals surface area (Å²) in [6.07, 6.45) is 1.70. The quantitative estimate of drug-likeness (QED) is 0.664. The average molecular weight is 318 g/mol. The SMILES string of the molecule is CC(C)c1c(O)c2c(c(O)c1/C=N/N1CCOCC1)C(C)C2C. The summed E-state index contributed by atoms with van der Waals surface area (Å²) >= 11 is 0. The van der Waals surface area contributed by atoms with Gasteiger partial charge in [-0.05, 0) is 17.8 Å². The van der Waals surface area contributed by atoms with Gasteiger partial charge in [0, 0.05) is 22.3 Å². The highest BCUT2D eigenvalue weighted by Crippen LogP contribution is 2.57. The standard InChI is InChI=1S/C18H26N2O3/c1-10(2)14-13(9-19-20-5-7-23-8-6-20)17(21)15-11(3)12(4)16(15)18(14)22/h9-12,21-22H,5-8H2,1-4H3/b19-9+. The van der Waals surface area contributed by atoms with Crippen LogP contribution in [0, 0.1) is 0 Å². The Morgan fingerprint density at radius 3 is 2.22 bits per heavy atom. The van der Waals surface area contributed by atoms with Gasteiger partial charge in [0.25, 0.3) is 0 Å². The van der Waals surface area contributed by atoms with Gasteiger partial charge in [-0.2, -0.15) is 5.10 Å². The molecule has 1 aliphatic carbocycles. The smallest absolute Gasteiger partial charge is 0.128 e. The Balaban J connectivity index is 2.04. The molecule has 0 bridgehead atoms. The third kappa shape index (κ3) is 2.57. The van der Waals surface area contributed by atoms with Crippen molar-refractivity contribution in [1.29, 1.82) is 0 Å². The zero-order valence-corrected chi connectivity index (χ0v) is 14.3. The lowest BCUT2D eigenvalue weighted by Crippen LogP contribution is -2.32. The van der Waals surface area contributed by atoms with Crippen LogP contribution in [0.15, 0.2) is 5.10 Å². The summed E-state index contributed by atoms with van der Waals surface area (Å²) in [4.78, 5) is 0. The van der Waals surface area contributed by atoms with Gasteiger partial charge < -0.3 is 14.9 Å². The van der Waals surface area contributed by atoms with Crippen molar-refractivity contribution in [1.82, 2.24) is 5.01 Å². The minimum absolute atomic E-state index is 0.112. The largest absolute Gasteiger partial charge is 0.507 e. The second-order valence-corrected chi connectivity index (χ2v) is 6.89. The minimum Gasteiger partial charge on any atom is -0.507 e. The number of rotatable bonds is 3. The maximum absolute atomic E-state index is 10.8. The van der Waals surface area contributed by atoms with Gasteiger partial charge in [0.05, 0.1) is 32.5 Å². The molecule has 0 amide bonds. The lowest BCUT2D eigenvalue weighted by Gasteiger charge is -2.38. The second-order valence-electron chi connectivity index (χ2n) is 6.89. The molecule has 2 N–H and O–H groups in total. The molecule has 126 valence electrons. The Hall–Kier alpha value is -1.75. The van der Waals surface area contributed by atoms with Crippen LogP contribution in [-0.4, -0.2) is 47.7 Å². The molecule has 1 aromatic carbocycles. The van der Waals surface area contributed by atoms with Gasteiger partial charge in [-0.15, -0.1) is 0 Å². The van der Waals surface area contributed by atoms with Gasteiger partial charge in [0.2, 0.25) is 0 Å². The van der Waals surface area contributed by atoms with Gasteiger partial charge >= 0.3 is 0 Å². The summed E-state index contributed by atoms with van der Waals surface area (Å²) in [7, 11) is 0. The van der Waals surface area contributed by atoms with Crippen molar-refractivity contribution in [3.05, 3.63) is 22.3 Å². The van der Waals surface area contributed by atoms with Gasteiger partial charge in [-0.1, -0.05) is 27.7 Å². The molecule has 3 rings (SSSR count). The van der Waals surface area contributed by atoms with Crippen molar-refractivity contribution in [3.8, 4) is 11.5 Å². The van der Waals surface area contributed by atoms with E-state index in [2.05, 4.69) is 18.9 Å². The zero-order valence-electron chi connectivity index (χ0n) is 14.3. The molecule has 1 saturated heterocycles. The Bertz CT molecular complexity index is 634. The third-order valence-corrected chi connectivity index (χ3v) is 5.18. The molecule has 0 saturated carbocycles. The van der Waals surface area contributed by atoms with E-state index in [-0.39, 0.29) is 23.5 Å². The lowest BCUT2D eigenvalue weighted by atomic mass is 9.67. The third-order valence-electron chi connectivity index (χ3n) is 5.18. The topological polar surface area (TPSA) is 65.3 Å². The van der Waals surface area contributed by atoms with E-state index < -0.39 is 0 Å². The highest BCUT2D eigenvalue weighted by molar-refractivity contribution is 5.89. The molecule has 0 radical (unpaired) electrons. The fourth-order valence-electron chi connectivity index (χ4n) is 3.65. The maximum Gasteiger partial charge on any atom is 0.128 e. The van der Waals surface area contributed by atoms with Crippen molar-refractivity contribution >= 4 is 6.21 Å². The summed E-state index contributed by atoms with van der Waals surface area (Å²) in [6, 6.07) is 0. The van der Waals surface area contributed by atoms with E-state index in [1.54, 1.807) is 6.21 Å². The van der Waals surface area contributed by atoms with E-state index in [4.69, 9.17) is 4.74 Å². The van der Waals surface area contributed by atoms with Crippen molar-refractivity contribution in [2.75, 3.05) is 26.3 Å². The zero-order chi connectivity index (χ0) is 16.7. The molecule has 0 spiro atoms. The van der Waals surface area contributed by atoms with Gasteiger partial charge in [0.1, 0.15) is 11.5 Å². The van der Waals surface area contributed by atoms with E-state index in [0.717, 1.165) is 29.8 Å². The predicted molar refractivity (Wildman–Crippen MR) is 90.7 cm³/mol. The second kappa shape index (κ2) is 6.04. The molecule has 5 heteroatoms. The molecule has 2 aliphatic rings. The number of fused-ring (bicyclic) bond motifs is 1. The van der Waals surface area contributed by atoms with Gasteiger partial charge in [-0.3, -0.25) is 5.01 Å². The monoisotopic (exact) mass is 318 g/mol. The number of phenolic OH excluding ortho intramolecular Hbond substituents is 2. The Labute approximate surface area is 137 Å². The van der Waals surface area contributed by atoms with Crippen LogP contribution in [0.1, 0.15) is 67.7 Å². The van der Waals surface area contributed by atoms with Crippen molar-refractivity contribution < 1.29 is 14.9 Å². The van der Waals surface area contributed by atoms with Crippen molar-refractivity contribution in [2.45, 2.75) is 45.4 Å². The van der Waals surface area contributed by atoms with Crippen LogP contribution in [0.5, 0.6) is 11.5 Å². The summed E-state index contributed by atoms with van der Waals surface area (Å²) < 4.78 is 5.32. The first-order valence-electron chi connectivity index (χ1n) is 8.41. The summed E-state index contributed by atoms with van der Waals surface area (Å²) in [5, 5.41) is 27.9. The Morgan fingerprint density at radius 2 is 1.65 bits per heavy atom. The van der Waals surface area contributed by atoms with Crippen molar-refractivity contribution in [3.63, 3.8) is 0 Å². The fraction of sp³-hybridized carbons (Fsp3) is 0.611. The number of hydrazone groups is 1. The number of benzene rings is 1. The highest BCUT2D eigenvalue weighted by atomic mass is 16.5. The number of nitrogens with zero attached hydrogens (tertiary/aromatic N) is 2. The highest BCUT2D eigenvalue weighted by Gasteiger charge is 2.39. The number of ether oxygens (including phenoxy) is 1. The summed E-state index contributed by atoms with van der Waals surface area (Å²) in [6.45, 7) is 11.1. The first-order chi connectivity index (χ1) is 10.9. The molecular formula is C18H26N2O3. The van der Waals surface area contributed by atoms with Crippen LogP contribution in [0.3, 0.4) is 0 Å². The molecule has 2 unspecified atom stereocenters. The normalized spacial score (nSPS) is 24.1. The van der Waals surface area contributed by atoms with Gasteiger partial charge in [0.15, 0.2) is 0 Å². The van der Waals surface area contributed by atoms with E-state index in [1.165, 1.54) is 0 Å². The number of hydrogen-bond acceptors (Lipinski definition) is 5. The first kappa shape index (κ1) is 16.1. The number of hydrogen-bond donors (Lipinski definition) is 2. The fourth-order valence-corrected chi connectivity index (χ4v) is 3.65. The average Bonchev–Trinajstić information content (AvgIpc) is 2.54. The van der Waals surface area contributed by atoms with Crippen LogP contribution in [-0.2, 0) is 4.74 Å². The maximum atomic E-state index is 10.8. The molecule has 0 aromatic heterocycles. The summed E-state index contributed by atoms with van der Waals surface area (Å²) in [5.41, 5.74) is 3.23.